The van der Waals surface area contributed by atoms with Crippen LogP contribution in [0.15, 0.2) is 36.5 Å². The van der Waals surface area contributed by atoms with Gasteiger partial charge in [0.2, 0.25) is 5.91 Å². The van der Waals surface area contributed by atoms with Crippen molar-refractivity contribution in [2.75, 3.05) is 25.0 Å². The van der Waals surface area contributed by atoms with Crippen LogP contribution < -0.4 is 16.0 Å². The molecule has 144 valence electrons. The number of rotatable bonds is 8. The van der Waals surface area contributed by atoms with Crippen LogP contribution in [0.3, 0.4) is 0 Å². The van der Waals surface area contributed by atoms with Crippen LogP contribution in [0.5, 0.6) is 0 Å². The zero-order chi connectivity index (χ0) is 19.6. The Labute approximate surface area is 163 Å². The summed E-state index contributed by atoms with van der Waals surface area (Å²) in [4.78, 5) is 27.6. The van der Waals surface area contributed by atoms with Gasteiger partial charge in [-0.15, -0.1) is 0 Å². The molecule has 0 bridgehead atoms. The van der Waals surface area contributed by atoms with Gasteiger partial charge in [0.25, 0.3) is 0 Å². The molecule has 0 aliphatic carbocycles. The Morgan fingerprint density at radius 3 is 2.70 bits per heavy atom. The van der Waals surface area contributed by atoms with Gasteiger partial charge in [0, 0.05) is 17.8 Å². The van der Waals surface area contributed by atoms with E-state index < -0.39 is 6.09 Å². The number of amides is 2. The lowest BCUT2D eigenvalue weighted by molar-refractivity contribution is -0.120. The molecule has 0 saturated heterocycles. The topological polar surface area (TPSA) is 92.3 Å². The van der Waals surface area contributed by atoms with Crippen LogP contribution in [0.2, 0.25) is 5.02 Å². The van der Waals surface area contributed by atoms with Crippen molar-refractivity contribution < 1.29 is 14.3 Å². The molecule has 1 heterocycles. The first-order chi connectivity index (χ1) is 13.0. The summed E-state index contributed by atoms with van der Waals surface area (Å²) in [5.74, 6) is 0.234. The van der Waals surface area contributed by atoms with Gasteiger partial charge >= 0.3 is 6.09 Å². The maximum absolute atomic E-state index is 11.8. The molecule has 2 rings (SSSR count). The van der Waals surface area contributed by atoms with Gasteiger partial charge in [-0.2, -0.15) is 0 Å². The molecule has 2 amide bonds. The zero-order valence-corrected chi connectivity index (χ0v) is 16.1. The molecular weight excluding hydrogens is 368 g/mol. The quantitative estimate of drug-likeness (QED) is 0.603. The predicted molar refractivity (Wildman–Crippen MR) is 105 cm³/mol. The van der Waals surface area contributed by atoms with Gasteiger partial charge in [-0.3, -0.25) is 10.1 Å². The molecule has 8 heteroatoms. The number of pyridine rings is 1. The van der Waals surface area contributed by atoms with Gasteiger partial charge in [-0.25, -0.2) is 9.78 Å². The van der Waals surface area contributed by atoms with Crippen molar-refractivity contribution in [3.05, 3.63) is 58.2 Å². The van der Waals surface area contributed by atoms with Gasteiger partial charge in [0.05, 0.1) is 13.1 Å². The number of aryl methyl sites for hydroxylation is 2. The number of benzene rings is 1. The molecule has 0 unspecified atom stereocenters. The third-order valence-electron chi connectivity index (χ3n) is 3.82. The molecule has 0 spiro atoms. The molecule has 0 aliphatic heterocycles. The number of nitrogens with zero attached hydrogens (tertiary/aromatic N) is 1. The average molecular weight is 391 g/mol. The molecule has 0 radical (unpaired) electrons. The first-order valence-corrected chi connectivity index (χ1v) is 8.91. The largest absolute Gasteiger partial charge is 0.447 e. The van der Waals surface area contributed by atoms with E-state index in [9.17, 15) is 9.59 Å². The Hall–Kier alpha value is -2.64. The van der Waals surface area contributed by atoms with Crippen molar-refractivity contribution in [1.29, 1.82) is 0 Å². The second kappa shape index (κ2) is 10.5. The van der Waals surface area contributed by atoms with E-state index in [1.54, 1.807) is 18.3 Å². The molecule has 2 aromatic rings. The van der Waals surface area contributed by atoms with E-state index in [1.165, 1.54) is 0 Å². The fourth-order valence-electron chi connectivity index (χ4n) is 2.18. The van der Waals surface area contributed by atoms with Crippen LogP contribution in [0, 0.1) is 13.8 Å². The summed E-state index contributed by atoms with van der Waals surface area (Å²) in [6, 6.07) is 9.20. The third kappa shape index (κ3) is 7.24. The molecule has 0 aliphatic rings. The molecule has 0 atom stereocenters. The highest BCUT2D eigenvalue weighted by Gasteiger charge is 2.06. The fraction of sp³-hybridized carbons (Fsp3) is 0.316. The fourth-order valence-corrected chi connectivity index (χ4v) is 2.39. The molecule has 3 N–H and O–H groups in total. The molecule has 27 heavy (non-hydrogen) atoms. The van der Waals surface area contributed by atoms with Gasteiger partial charge in [-0.05, 0) is 42.7 Å². The smallest absolute Gasteiger partial charge is 0.412 e. The van der Waals surface area contributed by atoms with Crippen molar-refractivity contribution in [3.8, 4) is 0 Å². The number of nitrogens with one attached hydrogen (secondary N) is 3. The second-order valence-corrected chi connectivity index (χ2v) is 6.37. The minimum atomic E-state index is -0.614. The average Bonchev–Trinajstić information content (AvgIpc) is 2.63. The molecule has 1 aromatic heterocycles. The zero-order valence-electron chi connectivity index (χ0n) is 15.3. The Morgan fingerprint density at radius 1 is 1.19 bits per heavy atom. The SMILES string of the molecule is Cc1cnc(NC(=O)OCCNC(=O)CNCc2ccccc2Cl)cc1C. The highest BCUT2D eigenvalue weighted by atomic mass is 35.5. The van der Waals surface area contributed by atoms with Crippen molar-refractivity contribution in [2.45, 2.75) is 20.4 Å². The minimum absolute atomic E-state index is 0.0624. The Kier molecular flexibility index (Phi) is 8.03. The third-order valence-corrected chi connectivity index (χ3v) is 4.19. The van der Waals surface area contributed by atoms with E-state index >= 15 is 0 Å². The standard InChI is InChI=1S/C19H23ClN4O3/c1-13-9-17(23-10-14(13)2)24-19(26)27-8-7-22-18(25)12-21-11-15-5-3-4-6-16(15)20/h3-6,9-10,21H,7-8,11-12H2,1-2H3,(H,22,25)(H,23,24,26). The predicted octanol–water partition coefficient (Wildman–Crippen LogP) is 2.81. The first-order valence-electron chi connectivity index (χ1n) is 8.53. The summed E-state index contributed by atoms with van der Waals surface area (Å²) in [5.41, 5.74) is 2.99. The first kappa shape index (κ1) is 20.7. The van der Waals surface area contributed by atoms with E-state index in [0.29, 0.717) is 17.4 Å². The highest BCUT2D eigenvalue weighted by Crippen LogP contribution is 2.14. The number of hydrogen-bond donors (Lipinski definition) is 3. The number of aromatic nitrogens is 1. The van der Waals surface area contributed by atoms with E-state index in [4.69, 9.17) is 16.3 Å². The van der Waals surface area contributed by atoms with Gasteiger partial charge in [0.15, 0.2) is 0 Å². The number of hydrogen-bond acceptors (Lipinski definition) is 5. The second-order valence-electron chi connectivity index (χ2n) is 5.96. The molecule has 0 fully saturated rings. The summed E-state index contributed by atoms with van der Waals surface area (Å²) < 4.78 is 5.01. The lowest BCUT2D eigenvalue weighted by atomic mass is 10.2. The van der Waals surface area contributed by atoms with Crippen LogP contribution in [0.25, 0.3) is 0 Å². The Morgan fingerprint density at radius 2 is 1.96 bits per heavy atom. The van der Waals surface area contributed by atoms with Gasteiger partial charge in [-0.1, -0.05) is 29.8 Å². The Bertz CT molecular complexity index is 798. The molecular formula is C19H23ClN4O3. The molecule has 1 aromatic carbocycles. The summed E-state index contributed by atoms with van der Waals surface area (Å²) in [6.45, 7) is 4.80. The maximum atomic E-state index is 11.8. The number of carbonyl (C=O) groups is 2. The van der Waals surface area contributed by atoms with Crippen molar-refractivity contribution >= 4 is 29.4 Å². The normalized spacial score (nSPS) is 10.3. The number of ether oxygens (including phenoxy) is 1. The lowest BCUT2D eigenvalue weighted by Crippen LogP contribution is -2.36. The van der Waals surface area contributed by atoms with Crippen LogP contribution in [0.1, 0.15) is 16.7 Å². The van der Waals surface area contributed by atoms with Gasteiger partial charge < -0.3 is 15.4 Å². The number of anilines is 1. The van der Waals surface area contributed by atoms with Crippen LogP contribution in [0.4, 0.5) is 10.6 Å². The van der Waals surface area contributed by atoms with Crippen molar-refractivity contribution in [1.82, 2.24) is 15.6 Å². The molecule has 0 saturated carbocycles. The number of carbonyl (C=O) groups excluding carboxylic acids is 2. The van der Waals surface area contributed by atoms with Crippen molar-refractivity contribution in [2.24, 2.45) is 0 Å². The summed E-state index contributed by atoms with van der Waals surface area (Å²) >= 11 is 6.05. The van der Waals surface area contributed by atoms with Crippen LogP contribution >= 0.6 is 11.6 Å². The van der Waals surface area contributed by atoms with Crippen molar-refractivity contribution in [3.63, 3.8) is 0 Å². The summed E-state index contributed by atoms with van der Waals surface area (Å²) in [5, 5.41) is 8.88. The minimum Gasteiger partial charge on any atom is -0.447 e. The van der Waals surface area contributed by atoms with E-state index in [-0.39, 0.29) is 25.6 Å². The summed E-state index contributed by atoms with van der Waals surface area (Å²) in [6.07, 6.45) is 1.07. The summed E-state index contributed by atoms with van der Waals surface area (Å²) in [7, 11) is 0. The van der Waals surface area contributed by atoms with E-state index in [2.05, 4.69) is 20.9 Å². The van der Waals surface area contributed by atoms with E-state index in [0.717, 1.165) is 16.7 Å². The van der Waals surface area contributed by atoms with Gasteiger partial charge in [0.1, 0.15) is 12.4 Å². The monoisotopic (exact) mass is 390 g/mol. The lowest BCUT2D eigenvalue weighted by Gasteiger charge is -2.09. The van der Waals surface area contributed by atoms with Crippen LogP contribution in [-0.2, 0) is 16.1 Å². The molecule has 7 nitrogen and oxygen atoms in total. The highest BCUT2D eigenvalue weighted by molar-refractivity contribution is 6.31. The number of halogens is 1. The van der Waals surface area contributed by atoms with E-state index in [1.807, 2.05) is 32.0 Å². The Balaban J connectivity index is 1.58. The van der Waals surface area contributed by atoms with Crippen LogP contribution in [-0.4, -0.2) is 36.7 Å². The maximum Gasteiger partial charge on any atom is 0.412 e.